The third-order valence-corrected chi connectivity index (χ3v) is 4.71. The van der Waals surface area contributed by atoms with Crippen LogP contribution in [-0.2, 0) is 14.3 Å². The van der Waals surface area contributed by atoms with Gasteiger partial charge in [-0.2, -0.15) is 0 Å². The van der Waals surface area contributed by atoms with E-state index in [1.54, 1.807) is 6.07 Å². The van der Waals surface area contributed by atoms with E-state index in [1.807, 2.05) is 44.2 Å². The number of Topliss-reactive ketones (excluding diaryl/α,β-unsaturated/α-hetero) is 1. The van der Waals surface area contributed by atoms with Gasteiger partial charge in [-0.3, -0.25) is 19.4 Å². The van der Waals surface area contributed by atoms with Gasteiger partial charge in [0.05, 0.1) is 29.9 Å². The van der Waals surface area contributed by atoms with Crippen LogP contribution in [0.2, 0.25) is 0 Å². The van der Waals surface area contributed by atoms with Gasteiger partial charge in [0, 0.05) is 0 Å². The number of hydrogen-bond acceptors (Lipinski definition) is 6. The lowest BCUT2D eigenvalue weighted by atomic mass is 10.0. The van der Waals surface area contributed by atoms with Crippen molar-refractivity contribution < 1.29 is 19.1 Å². The van der Waals surface area contributed by atoms with Crippen LogP contribution in [0, 0.1) is 5.92 Å². The van der Waals surface area contributed by atoms with Crippen molar-refractivity contribution in [1.29, 1.82) is 0 Å². The Balaban J connectivity index is 1.72. The van der Waals surface area contributed by atoms with Gasteiger partial charge in [-0.15, -0.1) is 0 Å². The monoisotopic (exact) mass is 410 g/mol. The fourth-order valence-electron chi connectivity index (χ4n) is 3.17. The van der Waals surface area contributed by atoms with E-state index in [9.17, 15) is 14.4 Å². The van der Waals surface area contributed by atoms with Crippen LogP contribution in [0.25, 0.3) is 11.0 Å². The van der Waals surface area contributed by atoms with Gasteiger partial charge >= 0.3 is 0 Å². The molecule has 1 aromatic heterocycles. The van der Waals surface area contributed by atoms with Gasteiger partial charge in [0.15, 0.2) is 5.78 Å². The fraction of sp³-hybridized carbons (Fsp3) is 0.409. The highest BCUT2D eigenvalue weighted by Crippen LogP contribution is 2.11. The molecule has 0 bridgehead atoms. The summed E-state index contributed by atoms with van der Waals surface area (Å²) in [6, 6.07) is 5.76. The van der Waals surface area contributed by atoms with Crippen molar-refractivity contribution in [3.05, 3.63) is 48.3 Å². The second-order valence-electron chi connectivity index (χ2n) is 7.65. The van der Waals surface area contributed by atoms with Gasteiger partial charge in [0.1, 0.15) is 18.3 Å². The molecular formula is C22H26N4O4. The molecule has 2 atom stereocenters. The molecule has 0 radical (unpaired) electrons. The Labute approximate surface area is 175 Å². The number of rotatable bonds is 6. The van der Waals surface area contributed by atoms with Gasteiger partial charge in [-0.05, 0) is 30.9 Å². The molecule has 0 unspecified atom stereocenters. The molecule has 0 aliphatic carbocycles. The first-order valence-corrected chi connectivity index (χ1v) is 10.0. The molecule has 30 heavy (non-hydrogen) atoms. The normalized spacial score (nSPS) is 19.0. The van der Waals surface area contributed by atoms with Gasteiger partial charge in [-0.25, -0.2) is 4.98 Å². The zero-order chi connectivity index (χ0) is 21.5. The molecule has 0 spiro atoms. The Kier molecular flexibility index (Phi) is 7.24. The highest BCUT2D eigenvalue weighted by Gasteiger charge is 2.28. The standard InChI is InChI=1S/C22H26N4O4/c1-14(2)11-18(21(28)25-17-9-5-6-10-30-13-20(17)27)26-22(29)19-12-23-15-7-3-4-8-16(15)24-19/h3-8,12,14,17-18H,9-11,13H2,1-2H3,(H,25,28)(H,26,29)/b6-5-/t17-,18-/m0/s1. The number of nitrogens with zero attached hydrogens (tertiary/aromatic N) is 2. The Morgan fingerprint density at radius 3 is 2.73 bits per heavy atom. The van der Waals surface area contributed by atoms with Crippen molar-refractivity contribution in [3.8, 4) is 0 Å². The molecule has 1 aromatic carbocycles. The van der Waals surface area contributed by atoms with E-state index in [4.69, 9.17) is 4.74 Å². The van der Waals surface area contributed by atoms with E-state index in [2.05, 4.69) is 20.6 Å². The molecule has 2 amide bonds. The third-order valence-electron chi connectivity index (χ3n) is 4.71. The molecule has 8 heteroatoms. The number of fused-ring (bicyclic) bond motifs is 1. The summed E-state index contributed by atoms with van der Waals surface area (Å²) in [5.74, 6) is -0.929. The van der Waals surface area contributed by atoms with Crippen molar-refractivity contribution in [2.45, 2.75) is 38.8 Å². The molecule has 1 aliphatic rings. The van der Waals surface area contributed by atoms with Crippen molar-refractivity contribution in [1.82, 2.24) is 20.6 Å². The molecule has 0 fully saturated rings. The summed E-state index contributed by atoms with van der Waals surface area (Å²) in [6.07, 6.45) is 5.83. The molecule has 158 valence electrons. The number of carbonyl (C=O) groups excluding carboxylic acids is 3. The van der Waals surface area contributed by atoms with Crippen LogP contribution in [0.3, 0.4) is 0 Å². The number of ketones is 1. The van der Waals surface area contributed by atoms with Crippen LogP contribution >= 0.6 is 0 Å². The maximum Gasteiger partial charge on any atom is 0.272 e. The van der Waals surface area contributed by atoms with E-state index in [1.165, 1.54) is 6.20 Å². The number of benzene rings is 1. The lowest BCUT2D eigenvalue weighted by molar-refractivity contribution is -0.131. The predicted molar refractivity (Wildman–Crippen MR) is 112 cm³/mol. The van der Waals surface area contributed by atoms with Crippen molar-refractivity contribution in [3.63, 3.8) is 0 Å². The molecule has 2 aromatic rings. The van der Waals surface area contributed by atoms with E-state index < -0.39 is 23.9 Å². The summed E-state index contributed by atoms with van der Waals surface area (Å²) in [5, 5.41) is 5.51. The van der Waals surface area contributed by atoms with Crippen LogP contribution < -0.4 is 10.6 Å². The third kappa shape index (κ3) is 5.70. The van der Waals surface area contributed by atoms with Crippen LogP contribution in [0.1, 0.15) is 37.2 Å². The van der Waals surface area contributed by atoms with E-state index in [0.717, 1.165) is 0 Å². The average Bonchev–Trinajstić information content (AvgIpc) is 2.72. The highest BCUT2D eigenvalue weighted by atomic mass is 16.5. The summed E-state index contributed by atoms with van der Waals surface area (Å²) in [6.45, 7) is 4.24. The number of ether oxygens (including phenoxy) is 1. The first-order chi connectivity index (χ1) is 14.4. The largest absolute Gasteiger partial charge is 0.370 e. The predicted octanol–water partition coefficient (Wildman–Crippen LogP) is 1.80. The summed E-state index contributed by atoms with van der Waals surface area (Å²) in [7, 11) is 0. The van der Waals surface area contributed by atoms with Crippen LogP contribution in [-0.4, -0.2) is 52.9 Å². The van der Waals surface area contributed by atoms with Gasteiger partial charge in [-0.1, -0.05) is 38.1 Å². The topological polar surface area (TPSA) is 110 Å². The molecule has 0 saturated heterocycles. The number of nitrogens with one attached hydrogen (secondary N) is 2. The van der Waals surface area contributed by atoms with Gasteiger partial charge in [0.25, 0.3) is 5.91 Å². The molecule has 2 N–H and O–H groups in total. The minimum absolute atomic E-state index is 0.0524. The molecule has 8 nitrogen and oxygen atoms in total. The van der Waals surface area contributed by atoms with Crippen LogP contribution in [0.4, 0.5) is 0 Å². The van der Waals surface area contributed by atoms with Gasteiger partial charge in [0.2, 0.25) is 5.91 Å². The van der Waals surface area contributed by atoms with Crippen molar-refractivity contribution >= 4 is 28.6 Å². The van der Waals surface area contributed by atoms with Gasteiger partial charge < -0.3 is 15.4 Å². The molecule has 0 saturated carbocycles. The number of amides is 2. The Hall–Kier alpha value is -3.13. The Bertz CT molecular complexity index is 957. The highest BCUT2D eigenvalue weighted by molar-refractivity contribution is 5.98. The zero-order valence-corrected chi connectivity index (χ0v) is 17.1. The zero-order valence-electron chi connectivity index (χ0n) is 17.1. The summed E-state index contributed by atoms with van der Waals surface area (Å²) in [5.41, 5.74) is 1.42. The summed E-state index contributed by atoms with van der Waals surface area (Å²) >= 11 is 0. The van der Waals surface area contributed by atoms with E-state index in [0.29, 0.717) is 30.5 Å². The summed E-state index contributed by atoms with van der Waals surface area (Å²) in [4.78, 5) is 46.5. The van der Waals surface area contributed by atoms with E-state index in [-0.39, 0.29) is 24.0 Å². The second-order valence-corrected chi connectivity index (χ2v) is 7.65. The maximum atomic E-state index is 12.9. The summed E-state index contributed by atoms with van der Waals surface area (Å²) < 4.78 is 5.21. The number of aromatic nitrogens is 2. The minimum atomic E-state index is -0.797. The molecule has 1 aliphatic heterocycles. The molecule has 3 rings (SSSR count). The minimum Gasteiger partial charge on any atom is -0.370 e. The van der Waals surface area contributed by atoms with Crippen LogP contribution in [0.15, 0.2) is 42.6 Å². The Morgan fingerprint density at radius 1 is 1.20 bits per heavy atom. The number of carbonyl (C=O) groups is 3. The lowest BCUT2D eigenvalue weighted by Crippen LogP contribution is -2.52. The fourth-order valence-corrected chi connectivity index (χ4v) is 3.17. The first kappa shape index (κ1) is 21.6. The molecule has 2 heterocycles. The SMILES string of the molecule is CC(C)C[C@H](NC(=O)c1cnc2ccccc2n1)C(=O)N[C@H]1C/C=C\COCC1=O. The number of para-hydroxylation sites is 2. The van der Waals surface area contributed by atoms with E-state index >= 15 is 0 Å². The first-order valence-electron chi connectivity index (χ1n) is 10.0. The van der Waals surface area contributed by atoms with Crippen molar-refractivity contribution in [2.24, 2.45) is 5.92 Å². The van der Waals surface area contributed by atoms with Crippen molar-refractivity contribution in [2.75, 3.05) is 13.2 Å². The lowest BCUT2D eigenvalue weighted by Gasteiger charge is -2.24. The molecular weight excluding hydrogens is 384 g/mol. The average molecular weight is 410 g/mol. The van der Waals surface area contributed by atoms with Crippen LogP contribution in [0.5, 0.6) is 0 Å². The number of hydrogen-bond donors (Lipinski definition) is 2. The second kappa shape index (κ2) is 10.1. The smallest absolute Gasteiger partial charge is 0.272 e. The Morgan fingerprint density at radius 2 is 1.97 bits per heavy atom. The maximum absolute atomic E-state index is 12.9. The quantitative estimate of drug-likeness (QED) is 0.703.